The highest BCUT2D eigenvalue weighted by atomic mass is 16.4. The number of carboxylic acid groups (broad SMARTS) is 2. The molecule has 0 saturated carbocycles. The lowest BCUT2D eigenvalue weighted by molar-refractivity contribution is -0.134. The van der Waals surface area contributed by atoms with E-state index in [2.05, 4.69) is 0 Å². The first-order valence-electron chi connectivity index (χ1n) is 3.44. The van der Waals surface area contributed by atoms with Gasteiger partial charge in [0.15, 0.2) is 11.5 Å². The summed E-state index contributed by atoms with van der Waals surface area (Å²) in [5.41, 5.74) is -0.676. The Balaban J connectivity index is 5.07. The summed E-state index contributed by atoms with van der Waals surface area (Å²) in [6.45, 7) is 1.02. The third kappa shape index (κ3) is 4.05. The van der Waals surface area contributed by atoms with Crippen molar-refractivity contribution in [2.45, 2.75) is 6.92 Å². The Kier molecular flexibility index (Phi) is 4.08. The number of carbonyl (C=O) groups is 3. The van der Waals surface area contributed by atoms with Crippen molar-refractivity contribution >= 4 is 17.7 Å². The number of aliphatic hydroxyl groups is 1. The van der Waals surface area contributed by atoms with Gasteiger partial charge in [0.1, 0.15) is 0 Å². The molecule has 0 rings (SSSR count). The van der Waals surface area contributed by atoms with Crippen LogP contribution in [0.5, 0.6) is 0 Å². The van der Waals surface area contributed by atoms with Crippen LogP contribution in [0, 0.1) is 0 Å². The van der Waals surface area contributed by atoms with Crippen LogP contribution in [-0.2, 0) is 14.4 Å². The number of carbonyl (C=O) groups excluding carboxylic acids is 1. The van der Waals surface area contributed by atoms with E-state index in [1.54, 1.807) is 0 Å². The lowest BCUT2D eigenvalue weighted by Crippen LogP contribution is -2.04. The van der Waals surface area contributed by atoms with Crippen LogP contribution in [0.15, 0.2) is 23.5 Å². The Morgan fingerprint density at radius 3 is 1.79 bits per heavy atom. The van der Waals surface area contributed by atoms with Gasteiger partial charge < -0.3 is 15.3 Å². The fourth-order valence-corrected chi connectivity index (χ4v) is 0.547. The molecule has 0 bridgehead atoms. The Labute approximate surface area is 78.8 Å². The molecular formula is C8H8O6. The average Bonchev–Trinajstić information content (AvgIpc) is 2.01. The van der Waals surface area contributed by atoms with Gasteiger partial charge in [-0.15, -0.1) is 0 Å². The van der Waals surface area contributed by atoms with Crippen LogP contribution in [0.1, 0.15) is 6.92 Å². The summed E-state index contributed by atoms with van der Waals surface area (Å²) in [7, 11) is 0. The Bertz CT molecular complexity index is 336. The van der Waals surface area contributed by atoms with Crippen molar-refractivity contribution in [3.05, 3.63) is 23.5 Å². The van der Waals surface area contributed by atoms with E-state index in [-0.39, 0.29) is 0 Å². The molecule has 0 aromatic carbocycles. The molecule has 0 spiro atoms. The van der Waals surface area contributed by atoms with Crippen molar-refractivity contribution in [1.82, 2.24) is 0 Å². The first-order chi connectivity index (χ1) is 6.34. The second kappa shape index (κ2) is 4.80. The highest BCUT2D eigenvalue weighted by Gasteiger charge is 2.09. The molecule has 6 nitrogen and oxygen atoms in total. The quantitative estimate of drug-likeness (QED) is 0.337. The summed E-state index contributed by atoms with van der Waals surface area (Å²) < 4.78 is 0. The number of carboxylic acids is 2. The largest absolute Gasteiger partial charge is 0.504 e. The van der Waals surface area contributed by atoms with E-state index in [1.807, 2.05) is 0 Å². The Morgan fingerprint density at radius 1 is 1.00 bits per heavy atom. The predicted molar refractivity (Wildman–Crippen MR) is 44.7 cm³/mol. The molecule has 0 unspecified atom stereocenters. The SMILES string of the molecule is CC(=O)/C(O)=C/C(=C/C(=O)O)C(=O)O. The molecule has 0 aliphatic rings. The van der Waals surface area contributed by atoms with E-state index < -0.39 is 29.1 Å². The van der Waals surface area contributed by atoms with Crippen molar-refractivity contribution in [1.29, 1.82) is 0 Å². The third-order valence-electron chi connectivity index (χ3n) is 1.18. The third-order valence-corrected chi connectivity index (χ3v) is 1.18. The van der Waals surface area contributed by atoms with E-state index in [4.69, 9.17) is 15.3 Å². The lowest BCUT2D eigenvalue weighted by Gasteiger charge is -1.95. The van der Waals surface area contributed by atoms with Gasteiger partial charge in [0, 0.05) is 13.0 Å². The summed E-state index contributed by atoms with van der Waals surface area (Å²) in [6, 6.07) is 0. The van der Waals surface area contributed by atoms with Crippen LogP contribution in [0.3, 0.4) is 0 Å². The van der Waals surface area contributed by atoms with Crippen LogP contribution in [0.25, 0.3) is 0 Å². The van der Waals surface area contributed by atoms with Crippen LogP contribution in [-0.4, -0.2) is 33.0 Å². The standard InChI is InChI=1S/C8H8O6/c1-4(9)6(10)2-5(8(13)14)3-7(11)12/h2-3,10H,1H3,(H,11,12)(H,13,14)/b5-3-,6-2-. The van der Waals surface area contributed by atoms with Crippen molar-refractivity contribution in [3.63, 3.8) is 0 Å². The minimum atomic E-state index is -1.54. The van der Waals surface area contributed by atoms with Gasteiger partial charge in [-0.05, 0) is 6.08 Å². The van der Waals surface area contributed by atoms with E-state index >= 15 is 0 Å². The van der Waals surface area contributed by atoms with Gasteiger partial charge in [0.05, 0.1) is 5.57 Å². The average molecular weight is 200 g/mol. The maximum atomic E-state index is 10.5. The molecule has 0 heterocycles. The normalized spacial score (nSPS) is 12.4. The van der Waals surface area contributed by atoms with Crippen LogP contribution >= 0.6 is 0 Å². The highest BCUT2D eigenvalue weighted by Crippen LogP contribution is 2.02. The number of hydrogen-bond acceptors (Lipinski definition) is 4. The number of ketones is 1. The van der Waals surface area contributed by atoms with Crippen LogP contribution < -0.4 is 0 Å². The molecule has 0 saturated heterocycles. The van der Waals surface area contributed by atoms with E-state index in [0.717, 1.165) is 6.92 Å². The summed E-state index contributed by atoms with van der Waals surface area (Å²) >= 11 is 0. The zero-order chi connectivity index (χ0) is 11.3. The van der Waals surface area contributed by atoms with Gasteiger partial charge in [0.25, 0.3) is 0 Å². The predicted octanol–water partition coefficient (Wildman–Crippen LogP) is 0.113. The fourth-order valence-electron chi connectivity index (χ4n) is 0.547. The maximum Gasteiger partial charge on any atom is 0.336 e. The zero-order valence-electron chi connectivity index (χ0n) is 7.22. The molecule has 0 aromatic rings. The van der Waals surface area contributed by atoms with Gasteiger partial charge in [-0.3, -0.25) is 4.79 Å². The van der Waals surface area contributed by atoms with Crippen molar-refractivity contribution in [2.24, 2.45) is 0 Å². The van der Waals surface area contributed by atoms with E-state index in [0.29, 0.717) is 12.2 Å². The number of aliphatic carboxylic acids is 2. The monoisotopic (exact) mass is 200 g/mol. The van der Waals surface area contributed by atoms with Crippen molar-refractivity contribution in [2.75, 3.05) is 0 Å². The molecule has 0 aromatic heterocycles. The highest BCUT2D eigenvalue weighted by molar-refractivity contribution is 6.00. The minimum absolute atomic E-state index is 0.376. The topological polar surface area (TPSA) is 112 Å². The van der Waals surface area contributed by atoms with Crippen LogP contribution in [0.2, 0.25) is 0 Å². The van der Waals surface area contributed by atoms with E-state index in [9.17, 15) is 14.4 Å². The number of aliphatic hydroxyl groups excluding tert-OH is 1. The smallest absolute Gasteiger partial charge is 0.336 e. The number of Topliss-reactive ketones (excluding diaryl/α,β-unsaturated/α-hetero) is 1. The minimum Gasteiger partial charge on any atom is -0.504 e. The zero-order valence-corrected chi connectivity index (χ0v) is 7.22. The van der Waals surface area contributed by atoms with Gasteiger partial charge >= 0.3 is 11.9 Å². The summed E-state index contributed by atoms with van der Waals surface area (Å²) in [6.07, 6.45) is 0.959. The summed E-state index contributed by atoms with van der Waals surface area (Å²) in [5, 5.41) is 25.6. The summed E-state index contributed by atoms with van der Waals surface area (Å²) in [4.78, 5) is 31.0. The molecule has 0 fully saturated rings. The van der Waals surface area contributed by atoms with Gasteiger partial charge in [0.2, 0.25) is 0 Å². The second-order valence-electron chi connectivity index (χ2n) is 2.33. The molecule has 0 aliphatic carbocycles. The fraction of sp³-hybridized carbons (Fsp3) is 0.125. The van der Waals surface area contributed by atoms with Crippen molar-refractivity contribution < 1.29 is 29.7 Å². The molecule has 6 heteroatoms. The maximum absolute atomic E-state index is 10.5. The number of rotatable bonds is 4. The molecule has 0 amide bonds. The molecule has 0 atom stereocenters. The van der Waals surface area contributed by atoms with E-state index in [1.165, 1.54) is 0 Å². The Hall–Kier alpha value is -2.11. The molecule has 76 valence electrons. The number of hydrogen-bond donors (Lipinski definition) is 3. The first-order valence-corrected chi connectivity index (χ1v) is 3.44. The number of allylic oxidation sites excluding steroid dienone is 1. The van der Waals surface area contributed by atoms with Gasteiger partial charge in [-0.1, -0.05) is 0 Å². The molecule has 3 N–H and O–H groups in total. The van der Waals surface area contributed by atoms with Crippen LogP contribution in [0.4, 0.5) is 0 Å². The lowest BCUT2D eigenvalue weighted by atomic mass is 10.2. The Morgan fingerprint density at radius 2 is 1.50 bits per heavy atom. The molecular weight excluding hydrogens is 192 g/mol. The van der Waals surface area contributed by atoms with Gasteiger partial charge in [-0.25, -0.2) is 9.59 Å². The molecule has 14 heavy (non-hydrogen) atoms. The van der Waals surface area contributed by atoms with Crippen molar-refractivity contribution in [3.8, 4) is 0 Å². The van der Waals surface area contributed by atoms with Gasteiger partial charge in [-0.2, -0.15) is 0 Å². The second-order valence-corrected chi connectivity index (χ2v) is 2.33. The summed E-state index contributed by atoms with van der Waals surface area (Å²) in [5.74, 6) is -4.57. The molecule has 0 aliphatic heterocycles. The first kappa shape index (κ1) is 11.9. The molecule has 0 radical (unpaired) electrons.